The van der Waals surface area contributed by atoms with Crippen molar-refractivity contribution in [1.29, 1.82) is 0 Å². The third-order valence-corrected chi connectivity index (χ3v) is 7.16. The van der Waals surface area contributed by atoms with Crippen LogP contribution in [-0.2, 0) is 0 Å². The lowest BCUT2D eigenvalue weighted by Gasteiger charge is -2.21. The van der Waals surface area contributed by atoms with E-state index in [0.29, 0.717) is 18.5 Å². The average molecular weight is 448 g/mol. The molecule has 5 unspecified atom stereocenters. The molecule has 0 rings (SSSR count). The molecule has 0 bridgehead atoms. The number of allylic oxidation sites excluding steroid dienone is 1. The van der Waals surface area contributed by atoms with Crippen LogP contribution in [0.2, 0.25) is 0 Å². The molecule has 0 heterocycles. The first kappa shape index (κ1) is 30.9. The van der Waals surface area contributed by atoms with E-state index >= 15 is 0 Å². The largest absolute Gasteiger partial charge is 0.404 e. The topological polar surface area (TPSA) is 50.4 Å². The van der Waals surface area contributed by atoms with Crippen molar-refractivity contribution in [3.63, 3.8) is 0 Å². The van der Waals surface area contributed by atoms with Gasteiger partial charge in [-0.2, -0.15) is 0 Å². The average Bonchev–Trinajstić information content (AvgIpc) is 2.76. The van der Waals surface area contributed by atoms with E-state index in [1.54, 1.807) is 6.20 Å². The Kier molecular flexibility index (Phi) is 18.7. The molecule has 0 aromatic rings. The zero-order valence-electron chi connectivity index (χ0n) is 22.8. The third kappa shape index (κ3) is 16.5. The second-order valence-electron chi connectivity index (χ2n) is 10.7. The fourth-order valence-corrected chi connectivity index (χ4v) is 4.54. The molecule has 0 saturated carbocycles. The Bertz CT molecular complexity index is 522. The van der Waals surface area contributed by atoms with Gasteiger partial charge in [0.25, 0.3) is 0 Å². The lowest BCUT2D eigenvalue weighted by molar-refractivity contribution is 0.352. The highest BCUT2D eigenvalue weighted by atomic mass is 14.9. The van der Waals surface area contributed by atoms with E-state index in [9.17, 15) is 0 Å². The quantitative estimate of drug-likeness (QED) is 0.147. The Morgan fingerprint density at radius 2 is 1.50 bits per heavy atom. The van der Waals surface area contributed by atoms with E-state index in [-0.39, 0.29) is 0 Å². The lowest BCUT2D eigenvalue weighted by atomic mass is 9.88. The second kappa shape index (κ2) is 19.4. The minimum absolute atomic E-state index is 0.538. The zero-order chi connectivity index (χ0) is 24.4. The Morgan fingerprint density at radius 3 is 2.06 bits per heavy atom. The molecule has 0 aliphatic carbocycles. The number of nitrogens with two attached hydrogens (primary N) is 1. The molecule has 32 heavy (non-hydrogen) atoms. The Balaban J connectivity index is 3.94. The maximum absolute atomic E-state index is 5.48. The van der Waals surface area contributed by atoms with E-state index < -0.39 is 0 Å². The molecule has 0 saturated heterocycles. The molecule has 0 aliphatic rings. The van der Waals surface area contributed by atoms with Gasteiger partial charge >= 0.3 is 0 Å². The summed E-state index contributed by atoms with van der Waals surface area (Å²) < 4.78 is 0. The highest BCUT2D eigenvalue weighted by Gasteiger charge is 2.13. The molecule has 0 aromatic heterocycles. The van der Waals surface area contributed by atoms with Crippen molar-refractivity contribution in [2.75, 3.05) is 13.6 Å². The van der Waals surface area contributed by atoms with Crippen LogP contribution in [0.3, 0.4) is 0 Å². The summed E-state index contributed by atoms with van der Waals surface area (Å²) in [6.07, 6.45) is 18.1. The van der Waals surface area contributed by atoms with Crippen LogP contribution in [0.15, 0.2) is 28.9 Å². The minimum atomic E-state index is 0.538. The van der Waals surface area contributed by atoms with Gasteiger partial charge in [-0.25, -0.2) is 0 Å². The predicted molar refractivity (Wildman–Crippen MR) is 146 cm³/mol. The van der Waals surface area contributed by atoms with Gasteiger partial charge in [0.1, 0.15) is 0 Å². The molecule has 0 amide bonds. The first-order valence-corrected chi connectivity index (χ1v) is 13.5. The molecule has 188 valence electrons. The molecule has 3 nitrogen and oxygen atoms in total. The molecule has 3 heteroatoms. The maximum atomic E-state index is 5.48. The molecular weight excluding hydrogens is 390 g/mol. The van der Waals surface area contributed by atoms with Crippen LogP contribution in [-0.4, -0.2) is 25.8 Å². The first-order valence-electron chi connectivity index (χ1n) is 13.5. The van der Waals surface area contributed by atoms with Crippen molar-refractivity contribution in [1.82, 2.24) is 5.32 Å². The van der Waals surface area contributed by atoms with Gasteiger partial charge in [0, 0.05) is 12.3 Å². The SMILES string of the molecule is C=C(CN=CC(C)=CN)C(C)CCC(C)CCCC(C)CCCC(CC(C)CCC)NC. The van der Waals surface area contributed by atoms with Gasteiger partial charge in [0.15, 0.2) is 0 Å². The lowest BCUT2D eigenvalue weighted by Crippen LogP contribution is -2.27. The van der Waals surface area contributed by atoms with Crippen molar-refractivity contribution in [3.8, 4) is 0 Å². The van der Waals surface area contributed by atoms with E-state index in [1.165, 1.54) is 76.2 Å². The van der Waals surface area contributed by atoms with Crippen LogP contribution < -0.4 is 11.1 Å². The van der Waals surface area contributed by atoms with Crippen molar-refractivity contribution in [2.24, 2.45) is 34.4 Å². The zero-order valence-corrected chi connectivity index (χ0v) is 22.8. The number of rotatable bonds is 20. The minimum Gasteiger partial charge on any atom is -0.404 e. The van der Waals surface area contributed by atoms with E-state index in [4.69, 9.17) is 5.73 Å². The molecule has 0 spiro atoms. The monoisotopic (exact) mass is 447 g/mol. The van der Waals surface area contributed by atoms with Crippen LogP contribution in [0, 0.1) is 23.7 Å². The van der Waals surface area contributed by atoms with Crippen molar-refractivity contribution >= 4 is 6.21 Å². The van der Waals surface area contributed by atoms with Crippen molar-refractivity contribution in [2.45, 2.75) is 118 Å². The molecule has 3 N–H and O–H groups in total. The summed E-state index contributed by atoms with van der Waals surface area (Å²) in [4.78, 5) is 4.45. The van der Waals surface area contributed by atoms with Gasteiger partial charge in [-0.1, -0.05) is 98.1 Å². The number of nitrogens with zero attached hydrogens (tertiary/aromatic N) is 1. The highest BCUT2D eigenvalue weighted by Crippen LogP contribution is 2.24. The van der Waals surface area contributed by atoms with Gasteiger partial charge in [0.05, 0.1) is 6.54 Å². The third-order valence-electron chi connectivity index (χ3n) is 7.16. The van der Waals surface area contributed by atoms with Crippen LogP contribution in [0.25, 0.3) is 0 Å². The fourth-order valence-electron chi connectivity index (χ4n) is 4.54. The molecule has 0 fully saturated rings. The summed E-state index contributed by atoms with van der Waals surface area (Å²) in [5.41, 5.74) is 7.71. The van der Waals surface area contributed by atoms with E-state index in [2.05, 4.69) is 58.6 Å². The van der Waals surface area contributed by atoms with Crippen LogP contribution >= 0.6 is 0 Å². The smallest absolute Gasteiger partial charge is 0.0599 e. The number of nitrogens with one attached hydrogen (secondary N) is 1. The summed E-state index contributed by atoms with van der Waals surface area (Å²) in [5.74, 6) is 3.05. The predicted octanol–water partition coefficient (Wildman–Crippen LogP) is 7.92. The standard InChI is InChI=1S/C29H57N3/c1-9-12-25(4)19-29(31-8)16-11-15-23(2)13-10-14-24(3)17-18-27(6)28(7)22-32-21-26(5)20-30/h20-21,23-25,27,29,31H,7,9-19,22,30H2,1-6,8H3. The van der Waals surface area contributed by atoms with E-state index in [1.807, 2.05) is 13.1 Å². The summed E-state index contributed by atoms with van der Waals surface area (Å²) >= 11 is 0. The number of hydrogen-bond donors (Lipinski definition) is 2. The normalized spacial score (nSPS) is 17.3. The molecule has 0 radical (unpaired) electrons. The maximum Gasteiger partial charge on any atom is 0.0599 e. The molecule has 0 aliphatic heterocycles. The second-order valence-corrected chi connectivity index (χ2v) is 10.7. The molecule has 0 aromatic carbocycles. The first-order chi connectivity index (χ1) is 15.2. The molecular formula is C29H57N3. The van der Waals surface area contributed by atoms with Crippen molar-refractivity contribution in [3.05, 3.63) is 23.9 Å². The Morgan fingerprint density at radius 1 is 0.906 bits per heavy atom. The van der Waals surface area contributed by atoms with Crippen LogP contribution in [0.4, 0.5) is 0 Å². The van der Waals surface area contributed by atoms with Crippen LogP contribution in [0.1, 0.15) is 112 Å². The van der Waals surface area contributed by atoms with E-state index in [0.717, 1.165) is 23.3 Å². The van der Waals surface area contributed by atoms with Crippen LogP contribution in [0.5, 0.6) is 0 Å². The summed E-state index contributed by atoms with van der Waals surface area (Å²) in [6.45, 7) is 18.8. The highest BCUT2D eigenvalue weighted by molar-refractivity contribution is 5.77. The van der Waals surface area contributed by atoms with Gasteiger partial charge < -0.3 is 11.1 Å². The number of hydrogen-bond acceptors (Lipinski definition) is 3. The van der Waals surface area contributed by atoms with Gasteiger partial charge in [-0.05, 0) is 68.7 Å². The fraction of sp³-hybridized carbons (Fsp3) is 0.828. The Labute approximate surface area is 201 Å². The molecule has 5 atom stereocenters. The number of aliphatic imine (C=N–C) groups is 1. The van der Waals surface area contributed by atoms with Crippen molar-refractivity contribution < 1.29 is 0 Å². The summed E-state index contributed by atoms with van der Waals surface area (Å²) in [7, 11) is 2.14. The van der Waals surface area contributed by atoms with Gasteiger partial charge in [-0.3, -0.25) is 4.99 Å². The summed E-state index contributed by atoms with van der Waals surface area (Å²) in [6, 6.07) is 0.701. The Hall–Kier alpha value is -1.09. The van der Waals surface area contributed by atoms with Gasteiger partial charge in [0.2, 0.25) is 0 Å². The van der Waals surface area contributed by atoms with Gasteiger partial charge in [-0.15, -0.1) is 0 Å². The summed E-state index contributed by atoms with van der Waals surface area (Å²) in [5, 5.41) is 3.55.